The summed E-state index contributed by atoms with van der Waals surface area (Å²) in [6.07, 6.45) is 0. The topological polar surface area (TPSA) is 0 Å². The Balaban J connectivity index is 1.90. The van der Waals surface area contributed by atoms with E-state index in [9.17, 15) is 0 Å². The van der Waals surface area contributed by atoms with Crippen LogP contribution in [0.25, 0.3) is 43.1 Å². The van der Waals surface area contributed by atoms with Crippen LogP contribution in [0.4, 0.5) is 0 Å². The highest BCUT2D eigenvalue weighted by Crippen LogP contribution is 2.32. The van der Waals surface area contributed by atoms with Crippen molar-refractivity contribution in [3.05, 3.63) is 82.8 Å². The van der Waals surface area contributed by atoms with Gasteiger partial charge in [0.25, 0.3) is 0 Å². The van der Waals surface area contributed by atoms with Crippen molar-refractivity contribution in [2.45, 2.75) is 6.92 Å². The van der Waals surface area contributed by atoms with Crippen LogP contribution in [-0.2, 0) is 0 Å². The standard InChI is InChI=1S/C23H15Br/c1-14-5-6-15-8-18-11-19-9-16-3-2-4-23(24)22(16)13-21(19)12-20(18)10-17(15)7-14/h2-13H,1H3. The van der Waals surface area contributed by atoms with Gasteiger partial charge in [0, 0.05) is 4.47 Å². The van der Waals surface area contributed by atoms with Gasteiger partial charge in [0.15, 0.2) is 0 Å². The van der Waals surface area contributed by atoms with Crippen molar-refractivity contribution < 1.29 is 0 Å². The quantitative estimate of drug-likeness (QED) is 0.249. The first kappa shape index (κ1) is 14.0. The second-order valence-corrected chi connectivity index (χ2v) is 7.42. The van der Waals surface area contributed by atoms with E-state index in [1.54, 1.807) is 0 Å². The first-order chi connectivity index (χ1) is 11.7. The van der Waals surface area contributed by atoms with Gasteiger partial charge in [-0.05, 0) is 92.5 Å². The predicted molar refractivity (Wildman–Crippen MR) is 109 cm³/mol. The highest BCUT2D eigenvalue weighted by molar-refractivity contribution is 9.10. The summed E-state index contributed by atoms with van der Waals surface area (Å²) in [5.41, 5.74) is 1.30. The summed E-state index contributed by atoms with van der Waals surface area (Å²) < 4.78 is 1.15. The smallest absolute Gasteiger partial charge is 0.0253 e. The SMILES string of the molecule is Cc1ccc2cc3cc4cc5cccc(Br)c5cc4cc3cc2c1. The average Bonchev–Trinajstić information content (AvgIpc) is 2.57. The summed E-state index contributed by atoms with van der Waals surface area (Å²) in [5, 5.41) is 10.3. The third-order valence-corrected chi connectivity index (χ3v) is 5.54. The fourth-order valence-corrected chi connectivity index (χ4v) is 4.10. The zero-order valence-electron chi connectivity index (χ0n) is 13.3. The monoisotopic (exact) mass is 370 g/mol. The first-order valence-corrected chi connectivity index (χ1v) is 8.93. The maximum Gasteiger partial charge on any atom is 0.0253 e. The molecule has 0 amide bonds. The van der Waals surface area contributed by atoms with Crippen molar-refractivity contribution in [3.8, 4) is 0 Å². The van der Waals surface area contributed by atoms with Crippen LogP contribution < -0.4 is 0 Å². The van der Waals surface area contributed by atoms with Crippen LogP contribution in [0.5, 0.6) is 0 Å². The molecular weight excluding hydrogens is 356 g/mol. The van der Waals surface area contributed by atoms with Gasteiger partial charge in [-0.3, -0.25) is 0 Å². The van der Waals surface area contributed by atoms with E-state index < -0.39 is 0 Å². The van der Waals surface area contributed by atoms with Crippen molar-refractivity contribution >= 4 is 59.0 Å². The molecule has 0 radical (unpaired) electrons. The lowest BCUT2D eigenvalue weighted by Crippen LogP contribution is -1.82. The number of fused-ring (bicyclic) bond motifs is 4. The second-order valence-electron chi connectivity index (χ2n) is 6.56. The van der Waals surface area contributed by atoms with Crippen molar-refractivity contribution in [2.24, 2.45) is 0 Å². The Bertz CT molecular complexity index is 1270. The van der Waals surface area contributed by atoms with Crippen molar-refractivity contribution in [1.82, 2.24) is 0 Å². The lowest BCUT2D eigenvalue weighted by atomic mass is 9.97. The molecule has 0 bridgehead atoms. The van der Waals surface area contributed by atoms with Gasteiger partial charge in [-0.1, -0.05) is 51.8 Å². The van der Waals surface area contributed by atoms with Crippen molar-refractivity contribution in [3.63, 3.8) is 0 Å². The summed E-state index contributed by atoms with van der Waals surface area (Å²) in [6, 6.07) is 26.8. The molecule has 0 N–H and O–H groups in total. The Morgan fingerprint density at radius 1 is 0.542 bits per heavy atom. The molecule has 114 valence electrons. The van der Waals surface area contributed by atoms with E-state index in [0.717, 1.165) is 4.47 Å². The van der Waals surface area contributed by atoms with Gasteiger partial charge in [-0.25, -0.2) is 0 Å². The van der Waals surface area contributed by atoms with Gasteiger partial charge in [-0.2, -0.15) is 0 Å². The fourth-order valence-electron chi connectivity index (χ4n) is 3.61. The fraction of sp³-hybridized carbons (Fsp3) is 0.0435. The zero-order valence-corrected chi connectivity index (χ0v) is 14.9. The summed E-state index contributed by atoms with van der Waals surface area (Å²) in [7, 11) is 0. The van der Waals surface area contributed by atoms with Gasteiger partial charge in [0.05, 0.1) is 0 Å². The first-order valence-electron chi connectivity index (χ1n) is 8.14. The van der Waals surface area contributed by atoms with Crippen LogP contribution in [0.1, 0.15) is 5.56 Å². The van der Waals surface area contributed by atoms with Gasteiger partial charge in [0.1, 0.15) is 0 Å². The number of hydrogen-bond acceptors (Lipinski definition) is 0. The highest BCUT2D eigenvalue weighted by Gasteiger charge is 2.05. The molecule has 5 rings (SSSR count). The third-order valence-electron chi connectivity index (χ3n) is 4.85. The lowest BCUT2D eigenvalue weighted by molar-refractivity contribution is 1.51. The molecule has 0 nitrogen and oxygen atoms in total. The largest absolute Gasteiger partial charge is 0.0605 e. The van der Waals surface area contributed by atoms with Gasteiger partial charge < -0.3 is 0 Å². The average molecular weight is 371 g/mol. The summed E-state index contributed by atoms with van der Waals surface area (Å²) in [5.74, 6) is 0. The molecule has 0 saturated heterocycles. The van der Waals surface area contributed by atoms with E-state index in [2.05, 4.69) is 95.7 Å². The summed E-state index contributed by atoms with van der Waals surface area (Å²) >= 11 is 3.67. The van der Waals surface area contributed by atoms with Crippen LogP contribution in [0.2, 0.25) is 0 Å². The Morgan fingerprint density at radius 2 is 1.12 bits per heavy atom. The molecule has 0 aliphatic carbocycles. The lowest BCUT2D eigenvalue weighted by Gasteiger charge is -2.08. The van der Waals surface area contributed by atoms with Crippen molar-refractivity contribution in [1.29, 1.82) is 0 Å². The minimum atomic E-state index is 1.15. The van der Waals surface area contributed by atoms with E-state index in [-0.39, 0.29) is 0 Å². The predicted octanol–water partition coefficient (Wildman–Crippen LogP) is 7.37. The molecule has 0 heterocycles. The molecule has 0 aromatic heterocycles. The normalized spacial score (nSPS) is 11.8. The Morgan fingerprint density at radius 3 is 1.88 bits per heavy atom. The van der Waals surface area contributed by atoms with Gasteiger partial charge in [0.2, 0.25) is 0 Å². The van der Waals surface area contributed by atoms with E-state index in [4.69, 9.17) is 0 Å². The second kappa shape index (κ2) is 5.06. The Kier molecular flexibility index (Phi) is 2.95. The molecule has 0 spiro atoms. The zero-order chi connectivity index (χ0) is 16.3. The maximum atomic E-state index is 3.67. The van der Waals surface area contributed by atoms with Crippen LogP contribution in [0.3, 0.4) is 0 Å². The molecule has 0 saturated carbocycles. The minimum Gasteiger partial charge on any atom is -0.0605 e. The van der Waals surface area contributed by atoms with Gasteiger partial charge in [-0.15, -0.1) is 0 Å². The molecule has 0 fully saturated rings. The molecule has 24 heavy (non-hydrogen) atoms. The van der Waals surface area contributed by atoms with Gasteiger partial charge >= 0.3 is 0 Å². The Hall–Kier alpha value is -2.38. The molecule has 0 aliphatic rings. The minimum absolute atomic E-state index is 1.15. The van der Waals surface area contributed by atoms with Crippen LogP contribution >= 0.6 is 15.9 Å². The maximum absolute atomic E-state index is 3.67. The number of rotatable bonds is 0. The van der Waals surface area contributed by atoms with Crippen molar-refractivity contribution in [2.75, 3.05) is 0 Å². The molecule has 1 heteroatoms. The summed E-state index contributed by atoms with van der Waals surface area (Å²) in [4.78, 5) is 0. The van der Waals surface area contributed by atoms with Crippen LogP contribution in [0.15, 0.2) is 77.3 Å². The Labute approximate surface area is 148 Å². The van der Waals surface area contributed by atoms with E-state index >= 15 is 0 Å². The molecule has 0 unspecified atom stereocenters. The van der Waals surface area contributed by atoms with E-state index in [1.807, 2.05) is 0 Å². The third kappa shape index (κ3) is 2.12. The molecule has 5 aromatic carbocycles. The number of benzene rings is 5. The molecule has 5 aromatic rings. The van der Waals surface area contributed by atoms with Crippen LogP contribution in [-0.4, -0.2) is 0 Å². The number of aryl methyl sites for hydroxylation is 1. The molecular formula is C23H15Br. The van der Waals surface area contributed by atoms with E-state index in [0.29, 0.717) is 0 Å². The molecule has 0 aliphatic heterocycles. The van der Waals surface area contributed by atoms with E-state index in [1.165, 1.54) is 48.7 Å². The number of hydrogen-bond donors (Lipinski definition) is 0. The summed E-state index contributed by atoms with van der Waals surface area (Å²) in [6.45, 7) is 2.15. The number of halogens is 1. The highest BCUT2D eigenvalue weighted by atomic mass is 79.9. The van der Waals surface area contributed by atoms with Crippen LogP contribution in [0, 0.1) is 6.92 Å². The molecule has 0 atom stereocenters.